The molecular weight excluding hydrogens is 456 g/mol. The van der Waals surface area contributed by atoms with E-state index in [1.54, 1.807) is 0 Å². The summed E-state index contributed by atoms with van der Waals surface area (Å²) in [7, 11) is 0. The summed E-state index contributed by atoms with van der Waals surface area (Å²) in [6.45, 7) is 21.2. The molecule has 0 radical (unpaired) electrons. The van der Waals surface area contributed by atoms with E-state index in [4.69, 9.17) is 18.9 Å². The number of hydrogen-bond donors (Lipinski definition) is 2. The summed E-state index contributed by atoms with van der Waals surface area (Å²) in [4.78, 5) is 13.7. The lowest BCUT2D eigenvalue weighted by Crippen LogP contribution is -2.64. The number of carbonyl (C=O) groups is 1. The molecular formula is C29H44N2O5. The Balaban J connectivity index is 1.57. The van der Waals surface area contributed by atoms with E-state index in [2.05, 4.69) is 49.8 Å². The van der Waals surface area contributed by atoms with Crippen LogP contribution >= 0.6 is 0 Å². The summed E-state index contributed by atoms with van der Waals surface area (Å²) in [5.74, 6) is -1.27. The highest BCUT2D eigenvalue weighted by Crippen LogP contribution is 2.43. The summed E-state index contributed by atoms with van der Waals surface area (Å²) in [6.07, 6.45) is 10.7. The largest absolute Gasteiger partial charge is 0.348 e. The molecule has 0 aromatic carbocycles. The van der Waals surface area contributed by atoms with E-state index < -0.39 is 22.7 Å². The van der Waals surface area contributed by atoms with Crippen LogP contribution in [0.4, 0.5) is 4.79 Å². The van der Waals surface area contributed by atoms with E-state index in [9.17, 15) is 4.79 Å². The Morgan fingerprint density at radius 3 is 1.53 bits per heavy atom. The third-order valence-electron chi connectivity index (χ3n) is 8.36. The average Bonchev–Trinajstić information content (AvgIpc) is 3.36. The van der Waals surface area contributed by atoms with Gasteiger partial charge in [-0.3, -0.25) is 0 Å². The fourth-order valence-corrected chi connectivity index (χ4v) is 6.28. The van der Waals surface area contributed by atoms with Crippen molar-refractivity contribution in [1.82, 2.24) is 10.6 Å². The van der Waals surface area contributed by atoms with Gasteiger partial charge in [-0.05, 0) is 67.2 Å². The second-order valence-electron chi connectivity index (χ2n) is 11.9. The lowest BCUT2D eigenvalue weighted by Gasteiger charge is -2.47. The fourth-order valence-electron chi connectivity index (χ4n) is 6.28. The minimum Gasteiger partial charge on any atom is -0.348 e. The van der Waals surface area contributed by atoms with Crippen LogP contribution in [0, 0.1) is 11.8 Å². The molecule has 0 spiro atoms. The lowest BCUT2D eigenvalue weighted by atomic mass is 9.70. The van der Waals surface area contributed by atoms with Crippen LogP contribution in [-0.2, 0) is 18.9 Å². The van der Waals surface area contributed by atoms with Gasteiger partial charge in [-0.15, -0.1) is 13.2 Å². The topological polar surface area (TPSA) is 78.1 Å². The molecule has 2 aliphatic carbocycles. The van der Waals surface area contributed by atoms with E-state index in [-0.39, 0.29) is 30.1 Å². The van der Waals surface area contributed by atoms with Gasteiger partial charge in [0.2, 0.25) is 0 Å². The highest BCUT2D eigenvalue weighted by Gasteiger charge is 2.51. The molecule has 0 aromatic heterocycles. The Morgan fingerprint density at radius 2 is 1.22 bits per heavy atom. The maximum absolute atomic E-state index is 13.7. The van der Waals surface area contributed by atoms with Gasteiger partial charge in [0.1, 0.15) is 0 Å². The van der Waals surface area contributed by atoms with Crippen LogP contribution in [0.1, 0.15) is 67.2 Å². The third-order valence-corrected chi connectivity index (χ3v) is 8.36. The first-order chi connectivity index (χ1) is 16.8. The monoisotopic (exact) mass is 500 g/mol. The maximum atomic E-state index is 13.7. The smallest absolute Gasteiger partial charge is 0.316 e. The molecule has 2 saturated heterocycles. The molecule has 6 atom stereocenters. The Bertz CT molecular complexity index is 879. The van der Waals surface area contributed by atoms with Gasteiger partial charge in [0.05, 0.1) is 36.5 Å². The van der Waals surface area contributed by atoms with Crippen molar-refractivity contribution in [3.05, 3.63) is 48.6 Å². The van der Waals surface area contributed by atoms with Crippen LogP contribution < -0.4 is 10.6 Å². The summed E-state index contributed by atoms with van der Waals surface area (Å²) < 4.78 is 24.3. The predicted molar refractivity (Wildman–Crippen MR) is 140 cm³/mol. The summed E-state index contributed by atoms with van der Waals surface area (Å²) in [5, 5.41) is 6.63. The second kappa shape index (κ2) is 9.75. The lowest BCUT2D eigenvalue weighted by molar-refractivity contribution is -0.147. The van der Waals surface area contributed by atoms with Crippen molar-refractivity contribution in [2.24, 2.45) is 11.8 Å². The van der Waals surface area contributed by atoms with E-state index in [1.807, 2.05) is 39.8 Å². The van der Waals surface area contributed by atoms with Crippen molar-refractivity contribution in [3.63, 3.8) is 0 Å². The van der Waals surface area contributed by atoms with Gasteiger partial charge in [-0.1, -0.05) is 35.5 Å². The van der Waals surface area contributed by atoms with E-state index >= 15 is 0 Å². The third kappa shape index (κ3) is 5.35. The first-order valence-electron chi connectivity index (χ1n) is 13.1. The molecule has 36 heavy (non-hydrogen) atoms. The number of urea groups is 1. The average molecular weight is 501 g/mol. The number of amides is 2. The molecule has 4 aliphatic rings. The van der Waals surface area contributed by atoms with Crippen molar-refractivity contribution < 1.29 is 23.7 Å². The van der Waals surface area contributed by atoms with Gasteiger partial charge in [0.15, 0.2) is 11.6 Å². The Kier molecular flexibility index (Phi) is 7.34. The molecule has 0 saturated carbocycles. The first kappa shape index (κ1) is 27.1. The number of carbonyl (C=O) groups excluding carboxylic acids is 1. The van der Waals surface area contributed by atoms with Crippen LogP contribution in [0.15, 0.2) is 48.6 Å². The van der Waals surface area contributed by atoms with Crippen molar-refractivity contribution in [3.8, 4) is 0 Å². The van der Waals surface area contributed by atoms with Gasteiger partial charge >= 0.3 is 6.03 Å². The normalized spacial score (nSPS) is 39.6. The quantitative estimate of drug-likeness (QED) is 0.493. The molecule has 2 amide bonds. The van der Waals surface area contributed by atoms with Gasteiger partial charge in [0.25, 0.3) is 0 Å². The minimum absolute atomic E-state index is 0.00358. The SMILES string of the molecule is C=C[C@]1(NC(=O)N[C@@]2(C=C)CC=C(C)C[C@@H]2[C@H]2COC(C)(C)O2)CC=C(C)C[C@@H]1[C@H]1COC(C)(C)O1. The molecule has 2 fully saturated rings. The van der Waals surface area contributed by atoms with Crippen molar-refractivity contribution in [1.29, 1.82) is 0 Å². The van der Waals surface area contributed by atoms with Crippen LogP contribution in [-0.4, -0.2) is 54.1 Å². The molecule has 200 valence electrons. The molecule has 4 rings (SSSR count). The molecule has 0 bridgehead atoms. The number of hydrogen-bond acceptors (Lipinski definition) is 5. The number of nitrogens with one attached hydrogen (secondary N) is 2. The van der Waals surface area contributed by atoms with Crippen molar-refractivity contribution in [2.75, 3.05) is 13.2 Å². The zero-order valence-electron chi connectivity index (χ0n) is 22.8. The summed E-state index contributed by atoms with van der Waals surface area (Å²) in [6, 6.07) is -0.248. The van der Waals surface area contributed by atoms with Crippen molar-refractivity contribution >= 4 is 6.03 Å². The van der Waals surface area contributed by atoms with Crippen LogP contribution in [0.5, 0.6) is 0 Å². The summed E-state index contributed by atoms with van der Waals surface area (Å²) >= 11 is 0. The van der Waals surface area contributed by atoms with Gasteiger partial charge in [0, 0.05) is 11.8 Å². The van der Waals surface area contributed by atoms with Gasteiger partial charge in [-0.25, -0.2) is 4.79 Å². The van der Waals surface area contributed by atoms with Crippen LogP contribution in [0.2, 0.25) is 0 Å². The van der Waals surface area contributed by atoms with Crippen LogP contribution in [0.3, 0.4) is 0 Å². The zero-order chi connectivity index (χ0) is 26.4. The minimum atomic E-state index is -0.661. The molecule has 0 aromatic rings. The van der Waals surface area contributed by atoms with E-state index in [1.165, 1.54) is 11.1 Å². The van der Waals surface area contributed by atoms with Crippen LogP contribution in [0.25, 0.3) is 0 Å². The Hall–Kier alpha value is -1.93. The second-order valence-corrected chi connectivity index (χ2v) is 11.9. The summed E-state index contributed by atoms with van der Waals surface area (Å²) in [5.41, 5.74) is 1.24. The highest BCUT2D eigenvalue weighted by molar-refractivity contribution is 5.77. The molecule has 2 aliphatic heterocycles. The standard InChI is InChI=1S/C29H44N2O5/c1-9-28(13-11-19(3)15-21(28)23-17-33-26(5,6)35-23)30-25(32)31-29(10-2)14-12-20(4)16-22(29)24-18-34-27(7,8)36-24/h9-12,21-24H,1-2,13-18H2,3-8H3,(H2,30,31,32)/t21-,22-,23-,24-,28+,29+/m1/s1. The molecule has 0 unspecified atom stereocenters. The highest BCUT2D eigenvalue weighted by atomic mass is 16.7. The Morgan fingerprint density at radius 1 is 0.833 bits per heavy atom. The van der Waals surface area contributed by atoms with Gasteiger partial charge < -0.3 is 29.6 Å². The van der Waals surface area contributed by atoms with Crippen molar-refractivity contribution in [2.45, 2.75) is 102 Å². The number of rotatable bonds is 6. The van der Waals surface area contributed by atoms with E-state index in [0.29, 0.717) is 26.1 Å². The molecule has 2 N–H and O–H groups in total. The van der Waals surface area contributed by atoms with E-state index in [0.717, 1.165) is 12.8 Å². The van der Waals surface area contributed by atoms with Gasteiger partial charge in [-0.2, -0.15) is 0 Å². The number of allylic oxidation sites excluding steroid dienone is 2. The number of ether oxygens (including phenoxy) is 4. The molecule has 7 heteroatoms. The Labute approximate surface area is 216 Å². The first-order valence-corrected chi connectivity index (χ1v) is 13.1. The molecule has 2 heterocycles. The molecule has 7 nitrogen and oxygen atoms in total. The zero-order valence-corrected chi connectivity index (χ0v) is 22.8. The predicted octanol–water partition coefficient (Wildman–Crippen LogP) is 5.15. The maximum Gasteiger partial charge on any atom is 0.316 e. The fraction of sp³-hybridized carbons (Fsp3) is 0.690.